The molecule has 7 N–H and O–H groups in total. The quantitative estimate of drug-likeness (QED) is 0.0398. The molecule has 2 aromatic carbocycles. The monoisotopic (exact) mass is 1430 g/mol. The predicted molar refractivity (Wildman–Crippen MR) is 380 cm³/mol. The zero-order valence-electron chi connectivity index (χ0n) is 61.1. The van der Waals surface area contributed by atoms with Crippen LogP contribution in [0.5, 0.6) is 11.5 Å². The van der Waals surface area contributed by atoms with Crippen molar-refractivity contribution in [3.63, 3.8) is 0 Å². The predicted octanol–water partition coefficient (Wildman–Crippen LogP) is 3.64. The second-order valence-electron chi connectivity index (χ2n) is 27.5. The van der Waals surface area contributed by atoms with Gasteiger partial charge in [0.25, 0.3) is 11.8 Å². The standard InChI is InChI=1S/C72H112N12O18/c1-51(2)56-45-54(16-17-58(56)84-59(68-60(98-7)14-9-15-61(68)99-8)46-57(76-84)69(94)75-72(71(96)97)21-20-53-42-52(3)43-55(72)44-53)70(95)79(6)27-13-25-77(4)24-12-26-78(5)64(87)19-18-62(85)73-22-10-36-100-38-40-102-41-39-101-37-11-23-74-63(86)47-80-28-30-81(48-65(88)89)32-34-83(50-67(92)93)35-33-82(31-29-80)49-66(90)91/h9,14-17,45-46,51-53,55H,10-13,18-44,47-50H2,1-8H3,(H,73,85)(H,74,86)(H,75,94)(H,88,89)(H,90,91)(H,92,93)(H,96,97). The molecule has 2 heterocycles. The van der Waals surface area contributed by atoms with Crippen molar-refractivity contribution in [1.82, 2.24) is 60.0 Å². The number of nitrogens with one attached hydrogen (secondary N) is 3. The van der Waals surface area contributed by atoms with Crippen LogP contribution in [-0.4, -0.2) is 316 Å². The molecule has 0 spiro atoms. The molecule has 0 radical (unpaired) electrons. The van der Waals surface area contributed by atoms with Crippen LogP contribution in [0.2, 0.25) is 0 Å². The maximum Gasteiger partial charge on any atom is 0.329 e. The summed E-state index contributed by atoms with van der Waals surface area (Å²) in [4.78, 5) is 127. The van der Waals surface area contributed by atoms with Crippen LogP contribution >= 0.6 is 0 Å². The number of ether oxygens (including phenoxy) is 5. The summed E-state index contributed by atoms with van der Waals surface area (Å²) in [5.74, 6) is -3.98. The lowest BCUT2D eigenvalue weighted by atomic mass is 9.60. The molecule has 6 rings (SSSR count). The Bertz CT molecular complexity index is 3170. The summed E-state index contributed by atoms with van der Waals surface area (Å²) in [5.41, 5.74) is 1.54. The van der Waals surface area contributed by atoms with E-state index in [1.54, 1.807) is 87.8 Å². The van der Waals surface area contributed by atoms with Crippen LogP contribution in [0.1, 0.15) is 124 Å². The van der Waals surface area contributed by atoms with Crippen LogP contribution in [0.25, 0.3) is 16.9 Å². The van der Waals surface area contributed by atoms with Gasteiger partial charge in [0, 0.05) is 124 Å². The molecule has 30 heteroatoms. The minimum Gasteiger partial charge on any atom is -0.496 e. The van der Waals surface area contributed by atoms with E-state index < -0.39 is 35.3 Å². The maximum absolute atomic E-state index is 14.5. The molecule has 2 aliphatic carbocycles. The molecule has 4 unspecified atom stereocenters. The molecule has 2 saturated carbocycles. The Morgan fingerprint density at radius 3 is 1.63 bits per heavy atom. The van der Waals surface area contributed by atoms with E-state index >= 15 is 0 Å². The lowest BCUT2D eigenvalue weighted by Crippen LogP contribution is -2.62. The minimum absolute atomic E-state index is 0.0277. The molecule has 102 heavy (non-hydrogen) atoms. The summed E-state index contributed by atoms with van der Waals surface area (Å²) in [6.07, 6.45) is 6.33. The number of hydrogen-bond donors (Lipinski definition) is 7. The summed E-state index contributed by atoms with van der Waals surface area (Å²) in [5, 5.41) is 52.7. The van der Waals surface area contributed by atoms with Gasteiger partial charge in [0.1, 0.15) is 17.0 Å². The molecule has 3 fully saturated rings. The number of benzene rings is 2. The van der Waals surface area contributed by atoms with Gasteiger partial charge in [0.05, 0.1) is 83.8 Å². The van der Waals surface area contributed by atoms with E-state index in [1.165, 1.54) is 0 Å². The smallest absolute Gasteiger partial charge is 0.329 e. The third-order valence-electron chi connectivity index (χ3n) is 19.3. The van der Waals surface area contributed by atoms with Gasteiger partial charge in [0.2, 0.25) is 17.7 Å². The number of carboxylic acids is 4. The Labute approximate surface area is 599 Å². The Kier molecular flexibility index (Phi) is 34.8. The van der Waals surface area contributed by atoms with Crippen molar-refractivity contribution in [1.29, 1.82) is 0 Å². The first kappa shape index (κ1) is 83.1. The molecular weight excluding hydrogens is 1320 g/mol. The first-order valence-corrected chi connectivity index (χ1v) is 35.8. The number of aromatic nitrogens is 2. The van der Waals surface area contributed by atoms with E-state index in [4.69, 9.17) is 28.8 Å². The molecule has 1 saturated heterocycles. The zero-order chi connectivity index (χ0) is 74.3. The number of aliphatic carboxylic acids is 4. The highest BCUT2D eigenvalue weighted by atomic mass is 16.5. The number of hydrogen-bond acceptors (Lipinski definition) is 20. The van der Waals surface area contributed by atoms with Crippen molar-refractivity contribution in [2.75, 3.05) is 193 Å². The van der Waals surface area contributed by atoms with Gasteiger partial charge in [-0.15, -0.1) is 0 Å². The van der Waals surface area contributed by atoms with Crippen molar-refractivity contribution >= 4 is 53.4 Å². The van der Waals surface area contributed by atoms with Crippen LogP contribution in [-0.2, 0) is 47.8 Å². The summed E-state index contributed by atoms with van der Waals surface area (Å²) in [7, 11) is 8.61. The van der Waals surface area contributed by atoms with Crippen LogP contribution in [0.15, 0.2) is 42.5 Å². The molecule has 568 valence electrons. The summed E-state index contributed by atoms with van der Waals surface area (Å²) >= 11 is 0. The fourth-order valence-corrected chi connectivity index (χ4v) is 13.7. The van der Waals surface area contributed by atoms with Crippen molar-refractivity contribution in [3.05, 3.63) is 59.3 Å². The van der Waals surface area contributed by atoms with Crippen molar-refractivity contribution in [2.24, 2.45) is 17.8 Å². The normalized spacial score (nSPS) is 18.7. The van der Waals surface area contributed by atoms with Gasteiger partial charge < -0.3 is 74.8 Å². The SMILES string of the molecule is COc1cccc(OC)c1-c1cc(C(=O)NC2(C(=O)O)CCC3CC(C)CC2C3)nn1-c1ccc(C(=O)N(C)CCCN(C)CCCN(C)C(=O)CCC(=O)NCCCOCCOCCOCCCNC(=O)CN2CCN(CC(=O)O)CCN(CC(=O)O)CCN(CC(=O)O)CC2)cc1C(C)C. The highest BCUT2D eigenvalue weighted by molar-refractivity contribution is 5.98. The number of carbonyl (C=O) groups excluding carboxylic acids is 5. The zero-order valence-corrected chi connectivity index (χ0v) is 61.1. The molecular formula is C72H112N12O18. The van der Waals surface area contributed by atoms with Crippen LogP contribution < -0.4 is 25.4 Å². The van der Waals surface area contributed by atoms with Crippen LogP contribution in [0.3, 0.4) is 0 Å². The Hall–Kier alpha value is -7.84. The fraction of sp³-hybridized carbons (Fsp3) is 0.667. The summed E-state index contributed by atoms with van der Waals surface area (Å²) in [6, 6.07) is 12.5. The average molecular weight is 1430 g/mol. The third kappa shape index (κ3) is 26.8. The van der Waals surface area contributed by atoms with Gasteiger partial charge in [-0.25, -0.2) is 9.48 Å². The van der Waals surface area contributed by atoms with E-state index in [2.05, 4.69) is 27.8 Å². The van der Waals surface area contributed by atoms with Gasteiger partial charge >= 0.3 is 23.9 Å². The summed E-state index contributed by atoms with van der Waals surface area (Å²) < 4.78 is 30.2. The Morgan fingerprint density at radius 2 is 1.12 bits per heavy atom. The van der Waals surface area contributed by atoms with Gasteiger partial charge in [-0.05, 0) is 144 Å². The highest BCUT2D eigenvalue weighted by Crippen LogP contribution is 2.48. The molecule has 5 amide bonds. The first-order valence-electron chi connectivity index (χ1n) is 35.8. The number of amides is 5. The van der Waals surface area contributed by atoms with Crippen molar-refractivity contribution < 1.29 is 87.3 Å². The number of methoxy groups -OCH3 is 2. The van der Waals surface area contributed by atoms with E-state index in [-0.39, 0.29) is 106 Å². The Morgan fingerprint density at radius 1 is 0.608 bits per heavy atom. The highest BCUT2D eigenvalue weighted by Gasteiger charge is 2.53. The second kappa shape index (κ2) is 42.7. The van der Waals surface area contributed by atoms with Crippen LogP contribution in [0.4, 0.5) is 0 Å². The van der Waals surface area contributed by atoms with Gasteiger partial charge in [-0.1, -0.05) is 26.8 Å². The van der Waals surface area contributed by atoms with Gasteiger partial charge in [-0.3, -0.25) is 58.0 Å². The number of rotatable bonds is 42. The number of carboxylic acid groups (broad SMARTS) is 4. The van der Waals surface area contributed by atoms with E-state index in [0.717, 1.165) is 44.2 Å². The van der Waals surface area contributed by atoms with E-state index in [1.807, 2.05) is 37.9 Å². The van der Waals surface area contributed by atoms with E-state index in [0.29, 0.717) is 170 Å². The van der Waals surface area contributed by atoms with Crippen molar-refractivity contribution in [3.8, 4) is 28.4 Å². The summed E-state index contributed by atoms with van der Waals surface area (Å²) in [6.45, 7) is 13.4. The lowest BCUT2D eigenvalue weighted by molar-refractivity contribution is -0.151. The second-order valence-corrected chi connectivity index (χ2v) is 27.5. The molecule has 2 bridgehead atoms. The maximum atomic E-state index is 14.5. The molecule has 30 nitrogen and oxygen atoms in total. The largest absolute Gasteiger partial charge is 0.496 e. The minimum atomic E-state index is -1.42. The molecule has 3 aliphatic rings. The third-order valence-corrected chi connectivity index (χ3v) is 19.3. The van der Waals surface area contributed by atoms with Crippen LogP contribution in [0, 0.1) is 17.8 Å². The average Bonchev–Trinajstić information content (AvgIpc) is 1.69. The fourth-order valence-electron chi connectivity index (χ4n) is 13.7. The molecule has 3 aromatic rings. The molecule has 4 atom stereocenters. The number of fused-ring (bicyclic) bond motifs is 2. The van der Waals surface area contributed by atoms with E-state index in [9.17, 15) is 63.6 Å². The first-order chi connectivity index (χ1) is 48.8. The molecule has 1 aliphatic heterocycles. The molecule has 1 aromatic heterocycles. The lowest BCUT2D eigenvalue weighted by Gasteiger charge is -2.48. The van der Waals surface area contributed by atoms with Gasteiger partial charge in [-0.2, -0.15) is 5.10 Å². The number of nitrogens with zero attached hydrogens (tertiary/aromatic N) is 9. The topological polar surface area (TPSA) is 357 Å². The number of carbonyl (C=O) groups is 9. The Balaban J connectivity index is 0.819. The van der Waals surface area contributed by atoms with Crippen molar-refractivity contribution in [2.45, 2.75) is 103 Å². The van der Waals surface area contributed by atoms with Gasteiger partial charge in [0.15, 0.2) is 5.69 Å².